The van der Waals surface area contributed by atoms with Gasteiger partial charge in [-0.05, 0) is 6.07 Å². The number of hydrogen-bond acceptors (Lipinski definition) is 2. The summed E-state index contributed by atoms with van der Waals surface area (Å²) in [6, 6.07) is 3.02. The Kier molecular flexibility index (Phi) is 2.08. The lowest BCUT2D eigenvalue weighted by molar-refractivity contribution is 0.642. The molecule has 0 aliphatic rings. The van der Waals surface area contributed by atoms with E-state index in [4.69, 9.17) is 25.2 Å². The Morgan fingerprint density at radius 2 is 2.14 bits per heavy atom. The lowest BCUT2D eigenvalue weighted by Gasteiger charge is -2.07. The molecule has 2 aromatic rings. The van der Waals surface area contributed by atoms with E-state index < -0.39 is 5.82 Å². The first kappa shape index (κ1) is 9.28. The zero-order valence-corrected chi connectivity index (χ0v) is 7.85. The molecule has 0 amide bonds. The van der Waals surface area contributed by atoms with Crippen LogP contribution < -0.4 is 11.2 Å². The van der Waals surface area contributed by atoms with E-state index in [9.17, 15) is 4.39 Å². The van der Waals surface area contributed by atoms with Gasteiger partial charge in [0, 0.05) is 17.0 Å². The van der Waals surface area contributed by atoms with Gasteiger partial charge in [-0.1, -0.05) is 23.1 Å². The minimum atomic E-state index is -0.611. The summed E-state index contributed by atoms with van der Waals surface area (Å²) in [5.41, 5.74) is 5.53. The molecule has 14 heavy (non-hydrogen) atoms. The Morgan fingerprint density at radius 1 is 1.43 bits per heavy atom. The molecular formula is C9H5BClFN2. The van der Waals surface area contributed by atoms with Gasteiger partial charge in [-0.2, -0.15) is 0 Å². The predicted octanol–water partition coefficient (Wildman–Crippen LogP) is 1.40. The van der Waals surface area contributed by atoms with Crippen LogP contribution in [-0.4, -0.2) is 12.8 Å². The second-order valence-electron chi connectivity index (χ2n) is 2.89. The van der Waals surface area contributed by atoms with Crippen LogP contribution in [0.15, 0.2) is 18.3 Å². The van der Waals surface area contributed by atoms with Gasteiger partial charge in [0.25, 0.3) is 0 Å². The summed E-state index contributed by atoms with van der Waals surface area (Å²) in [7, 11) is 5.41. The van der Waals surface area contributed by atoms with E-state index in [2.05, 4.69) is 4.98 Å². The lowest BCUT2D eigenvalue weighted by atomic mass is 9.92. The average molecular weight is 206 g/mol. The second-order valence-corrected chi connectivity index (χ2v) is 3.25. The highest BCUT2D eigenvalue weighted by molar-refractivity contribution is 6.38. The molecule has 1 aromatic carbocycles. The van der Waals surface area contributed by atoms with Gasteiger partial charge in [0.15, 0.2) is 0 Å². The largest absolute Gasteiger partial charge is 0.396 e. The van der Waals surface area contributed by atoms with Gasteiger partial charge in [0.2, 0.25) is 0 Å². The van der Waals surface area contributed by atoms with Crippen LogP contribution in [0.5, 0.6) is 0 Å². The first-order chi connectivity index (χ1) is 6.61. The van der Waals surface area contributed by atoms with E-state index in [1.807, 2.05) is 0 Å². The minimum absolute atomic E-state index is 0.00398. The number of aromatic nitrogens is 1. The summed E-state index contributed by atoms with van der Waals surface area (Å²) < 4.78 is 13.3. The van der Waals surface area contributed by atoms with Crippen LogP contribution in [0.25, 0.3) is 10.8 Å². The highest BCUT2D eigenvalue weighted by atomic mass is 35.5. The Morgan fingerprint density at radius 3 is 2.86 bits per heavy atom. The number of nitrogen functional groups attached to an aromatic ring is 1. The number of pyridine rings is 1. The summed E-state index contributed by atoms with van der Waals surface area (Å²) >= 11 is 5.81. The van der Waals surface area contributed by atoms with Gasteiger partial charge in [0.1, 0.15) is 18.8 Å². The monoisotopic (exact) mass is 206 g/mol. The molecule has 0 aliphatic carbocycles. The van der Waals surface area contributed by atoms with Crippen molar-refractivity contribution in [3.63, 3.8) is 0 Å². The highest BCUT2D eigenvalue weighted by Crippen LogP contribution is 2.26. The van der Waals surface area contributed by atoms with Crippen LogP contribution in [0.4, 0.5) is 10.1 Å². The van der Waals surface area contributed by atoms with Crippen molar-refractivity contribution in [2.75, 3.05) is 5.73 Å². The lowest BCUT2D eigenvalue weighted by Crippen LogP contribution is -2.11. The fourth-order valence-corrected chi connectivity index (χ4v) is 1.53. The van der Waals surface area contributed by atoms with Crippen molar-refractivity contribution in [2.45, 2.75) is 0 Å². The minimum Gasteiger partial charge on any atom is -0.396 e. The Balaban J connectivity index is 2.98. The van der Waals surface area contributed by atoms with Crippen molar-refractivity contribution in [3.8, 4) is 0 Å². The molecule has 68 valence electrons. The van der Waals surface area contributed by atoms with Gasteiger partial charge in [-0.25, -0.2) is 9.37 Å². The first-order valence-electron chi connectivity index (χ1n) is 3.89. The van der Waals surface area contributed by atoms with Gasteiger partial charge < -0.3 is 5.73 Å². The summed E-state index contributed by atoms with van der Waals surface area (Å²) in [4.78, 5) is 3.85. The summed E-state index contributed by atoms with van der Waals surface area (Å²) in [5, 5.41) is 1.35. The molecular weight excluding hydrogens is 201 g/mol. The number of fused-ring (bicyclic) bond motifs is 1. The molecule has 1 aromatic heterocycles. The molecule has 0 saturated heterocycles. The van der Waals surface area contributed by atoms with Crippen LogP contribution in [-0.2, 0) is 0 Å². The molecule has 5 heteroatoms. The maximum atomic E-state index is 13.3. The zero-order chi connectivity index (χ0) is 10.3. The third kappa shape index (κ3) is 1.23. The standard InChI is InChI=1S/C9H5BClFN2/c10-6-3-5-4(8(13)7(6)12)1-2-14-9(5)11/h1-3H,13H2. The van der Waals surface area contributed by atoms with E-state index in [0.717, 1.165) is 0 Å². The summed E-state index contributed by atoms with van der Waals surface area (Å²) in [5.74, 6) is -0.611. The quantitative estimate of drug-likeness (QED) is 0.402. The molecule has 2 rings (SSSR count). The van der Waals surface area contributed by atoms with E-state index in [1.54, 1.807) is 6.07 Å². The molecule has 1 heterocycles. The van der Waals surface area contributed by atoms with E-state index in [0.29, 0.717) is 10.8 Å². The molecule has 0 unspecified atom stereocenters. The Bertz CT molecular complexity index is 516. The van der Waals surface area contributed by atoms with Gasteiger partial charge in [-0.3, -0.25) is 0 Å². The van der Waals surface area contributed by atoms with Crippen molar-refractivity contribution in [1.29, 1.82) is 0 Å². The number of hydrogen-bond donors (Lipinski definition) is 1. The normalized spacial score (nSPS) is 10.7. The Hall–Kier alpha value is -1.29. The maximum absolute atomic E-state index is 13.3. The molecule has 0 saturated carbocycles. The number of halogens is 2. The van der Waals surface area contributed by atoms with Crippen molar-refractivity contribution >= 4 is 41.4 Å². The molecule has 0 aliphatic heterocycles. The van der Waals surface area contributed by atoms with E-state index in [1.165, 1.54) is 12.3 Å². The molecule has 2 radical (unpaired) electrons. The van der Waals surface area contributed by atoms with Crippen LogP contribution in [0, 0.1) is 5.82 Å². The van der Waals surface area contributed by atoms with Crippen molar-refractivity contribution in [2.24, 2.45) is 0 Å². The SMILES string of the molecule is [B]c1cc2c(Cl)nccc2c(N)c1F. The van der Waals surface area contributed by atoms with Gasteiger partial charge in [-0.15, -0.1) is 0 Å². The van der Waals surface area contributed by atoms with Crippen LogP contribution in [0.3, 0.4) is 0 Å². The summed E-state index contributed by atoms with van der Waals surface area (Å²) in [6.07, 6.45) is 1.47. The smallest absolute Gasteiger partial charge is 0.139 e. The third-order valence-corrected chi connectivity index (χ3v) is 2.32. The topological polar surface area (TPSA) is 38.9 Å². The Labute approximate surface area is 86.3 Å². The fraction of sp³-hybridized carbons (Fsp3) is 0. The average Bonchev–Trinajstić information content (AvgIpc) is 2.17. The molecule has 0 fully saturated rings. The maximum Gasteiger partial charge on any atom is 0.139 e. The molecule has 2 N–H and O–H groups in total. The van der Waals surface area contributed by atoms with Crippen LogP contribution in [0.2, 0.25) is 5.15 Å². The fourth-order valence-electron chi connectivity index (χ4n) is 1.31. The van der Waals surface area contributed by atoms with Gasteiger partial charge >= 0.3 is 0 Å². The van der Waals surface area contributed by atoms with E-state index >= 15 is 0 Å². The van der Waals surface area contributed by atoms with Crippen molar-refractivity contribution in [1.82, 2.24) is 4.98 Å². The van der Waals surface area contributed by atoms with Crippen molar-refractivity contribution in [3.05, 3.63) is 29.3 Å². The van der Waals surface area contributed by atoms with Crippen LogP contribution >= 0.6 is 11.6 Å². The highest BCUT2D eigenvalue weighted by Gasteiger charge is 2.09. The van der Waals surface area contributed by atoms with E-state index in [-0.39, 0.29) is 16.3 Å². The molecule has 0 bridgehead atoms. The third-order valence-electron chi connectivity index (χ3n) is 2.02. The number of nitrogens with zero attached hydrogens (tertiary/aromatic N) is 1. The molecule has 0 spiro atoms. The molecule has 0 atom stereocenters. The van der Waals surface area contributed by atoms with Gasteiger partial charge in [0.05, 0.1) is 5.69 Å². The van der Waals surface area contributed by atoms with Crippen molar-refractivity contribution < 1.29 is 4.39 Å². The number of benzene rings is 1. The zero-order valence-electron chi connectivity index (χ0n) is 7.09. The molecule has 2 nitrogen and oxygen atoms in total. The number of rotatable bonds is 0. The summed E-state index contributed by atoms with van der Waals surface area (Å²) in [6.45, 7) is 0. The predicted molar refractivity (Wildman–Crippen MR) is 56.5 cm³/mol. The first-order valence-corrected chi connectivity index (χ1v) is 4.26. The number of anilines is 1. The van der Waals surface area contributed by atoms with Crippen LogP contribution in [0.1, 0.15) is 0 Å². The second kappa shape index (κ2) is 3.13. The number of nitrogens with two attached hydrogens (primary N) is 1.